The minimum Gasteiger partial charge on any atom is -0.378 e. The van der Waals surface area contributed by atoms with Gasteiger partial charge in [0.1, 0.15) is 6.04 Å². The Kier molecular flexibility index (Phi) is 4.92. The molecule has 2 saturated heterocycles. The predicted molar refractivity (Wildman–Crippen MR) is 86.8 cm³/mol. The second kappa shape index (κ2) is 6.77. The second-order valence-electron chi connectivity index (χ2n) is 7.54. The van der Waals surface area contributed by atoms with E-state index in [1.165, 1.54) is 0 Å². The zero-order chi connectivity index (χ0) is 16.4. The normalized spacial score (nSPS) is 27.8. The Labute approximate surface area is 138 Å². The van der Waals surface area contributed by atoms with E-state index in [0.717, 1.165) is 32.4 Å². The molecule has 1 spiro atoms. The average Bonchev–Trinajstić information content (AvgIpc) is 3.26. The van der Waals surface area contributed by atoms with Crippen LogP contribution in [0.1, 0.15) is 33.1 Å². The summed E-state index contributed by atoms with van der Waals surface area (Å²) in [6, 6.07) is -0.417. The van der Waals surface area contributed by atoms with E-state index in [9.17, 15) is 9.59 Å². The van der Waals surface area contributed by atoms with E-state index in [2.05, 4.69) is 10.6 Å². The first-order valence-corrected chi connectivity index (χ1v) is 8.91. The van der Waals surface area contributed by atoms with E-state index in [0.29, 0.717) is 26.3 Å². The lowest BCUT2D eigenvalue weighted by Crippen LogP contribution is -2.54. The molecule has 2 N–H and O–H groups in total. The first-order valence-electron chi connectivity index (χ1n) is 8.91. The molecule has 0 aromatic heterocycles. The van der Waals surface area contributed by atoms with Crippen LogP contribution in [0, 0.1) is 17.3 Å². The topological polar surface area (TPSA) is 70.7 Å². The molecule has 3 fully saturated rings. The summed E-state index contributed by atoms with van der Waals surface area (Å²) in [5, 5.41) is 6.41. The Morgan fingerprint density at radius 2 is 1.87 bits per heavy atom. The first kappa shape index (κ1) is 16.7. The van der Waals surface area contributed by atoms with Gasteiger partial charge >= 0.3 is 0 Å². The largest absolute Gasteiger partial charge is 0.378 e. The summed E-state index contributed by atoms with van der Waals surface area (Å²) in [6.07, 6.45) is 3.14. The maximum atomic E-state index is 12.7. The average molecular weight is 323 g/mol. The highest BCUT2D eigenvalue weighted by Gasteiger charge is 2.58. The molecular formula is C17H29N3O3. The maximum Gasteiger partial charge on any atom is 0.245 e. The van der Waals surface area contributed by atoms with Crippen molar-refractivity contribution in [1.29, 1.82) is 0 Å². The Bertz CT molecular complexity index is 454. The molecule has 0 radical (unpaired) electrons. The summed E-state index contributed by atoms with van der Waals surface area (Å²) < 4.78 is 5.31. The van der Waals surface area contributed by atoms with Gasteiger partial charge in [0, 0.05) is 19.0 Å². The van der Waals surface area contributed by atoms with Gasteiger partial charge in [-0.3, -0.25) is 9.59 Å². The fourth-order valence-corrected chi connectivity index (χ4v) is 3.94. The molecule has 6 heteroatoms. The highest BCUT2D eigenvalue weighted by Crippen LogP contribution is 2.58. The molecule has 1 saturated carbocycles. The first-order chi connectivity index (χ1) is 11.0. The number of carbonyl (C=O) groups excluding carboxylic acids is 2. The van der Waals surface area contributed by atoms with Crippen LogP contribution in [0.3, 0.4) is 0 Å². The standard InChI is InChI=1S/C17H29N3O3/c1-12(2)14(16(22)20-7-9-23-10-8-20)19-15(21)13-11-17(13)3-5-18-6-4-17/h12-14,18H,3-11H2,1-2H3,(H,19,21). The van der Waals surface area contributed by atoms with Gasteiger partial charge in [-0.05, 0) is 43.7 Å². The lowest BCUT2D eigenvalue weighted by molar-refractivity contribution is -0.141. The molecule has 130 valence electrons. The molecule has 6 nitrogen and oxygen atoms in total. The smallest absolute Gasteiger partial charge is 0.245 e. The fraction of sp³-hybridized carbons (Fsp3) is 0.882. The van der Waals surface area contributed by atoms with Crippen molar-refractivity contribution in [2.75, 3.05) is 39.4 Å². The molecule has 2 atom stereocenters. The highest BCUT2D eigenvalue weighted by atomic mass is 16.5. The number of hydrogen-bond donors (Lipinski definition) is 2. The lowest BCUT2D eigenvalue weighted by Gasteiger charge is -2.32. The van der Waals surface area contributed by atoms with Crippen LogP contribution in [0.4, 0.5) is 0 Å². The summed E-state index contributed by atoms with van der Waals surface area (Å²) in [4.78, 5) is 27.2. The van der Waals surface area contributed by atoms with Crippen LogP contribution in [0.25, 0.3) is 0 Å². The molecule has 23 heavy (non-hydrogen) atoms. The number of piperidine rings is 1. The summed E-state index contributed by atoms with van der Waals surface area (Å²) in [5.74, 6) is 0.309. The van der Waals surface area contributed by atoms with Crippen molar-refractivity contribution in [3.63, 3.8) is 0 Å². The molecule has 2 aliphatic heterocycles. The third kappa shape index (κ3) is 3.53. The van der Waals surface area contributed by atoms with Crippen LogP contribution in [-0.4, -0.2) is 62.1 Å². The monoisotopic (exact) mass is 323 g/mol. The Morgan fingerprint density at radius 1 is 1.22 bits per heavy atom. The minimum absolute atomic E-state index is 0.0386. The predicted octanol–water partition coefficient (Wildman–Crippen LogP) is 0.376. The maximum absolute atomic E-state index is 12.7. The number of carbonyl (C=O) groups is 2. The van der Waals surface area contributed by atoms with Crippen LogP contribution in [0.2, 0.25) is 0 Å². The number of nitrogens with one attached hydrogen (secondary N) is 2. The van der Waals surface area contributed by atoms with Crippen LogP contribution >= 0.6 is 0 Å². The van der Waals surface area contributed by atoms with Gasteiger partial charge in [-0.25, -0.2) is 0 Å². The Balaban J connectivity index is 1.59. The minimum atomic E-state index is -0.417. The van der Waals surface area contributed by atoms with Gasteiger partial charge in [0.25, 0.3) is 0 Å². The summed E-state index contributed by atoms with van der Waals surface area (Å²) in [7, 11) is 0. The van der Waals surface area contributed by atoms with Crippen LogP contribution < -0.4 is 10.6 Å². The molecule has 0 aromatic rings. The molecule has 1 aliphatic carbocycles. The highest BCUT2D eigenvalue weighted by molar-refractivity contribution is 5.90. The number of nitrogens with zero attached hydrogens (tertiary/aromatic N) is 1. The summed E-state index contributed by atoms with van der Waals surface area (Å²) in [5.41, 5.74) is 0.207. The third-order valence-corrected chi connectivity index (χ3v) is 5.66. The Morgan fingerprint density at radius 3 is 2.48 bits per heavy atom. The summed E-state index contributed by atoms with van der Waals surface area (Å²) >= 11 is 0. The second-order valence-corrected chi connectivity index (χ2v) is 7.54. The van der Waals surface area contributed by atoms with Gasteiger partial charge in [-0.15, -0.1) is 0 Å². The number of amides is 2. The zero-order valence-electron chi connectivity index (χ0n) is 14.3. The van der Waals surface area contributed by atoms with Crippen LogP contribution in [0.15, 0.2) is 0 Å². The quantitative estimate of drug-likeness (QED) is 0.784. The van der Waals surface area contributed by atoms with Crippen molar-refractivity contribution >= 4 is 11.8 Å². The van der Waals surface area contributed by atoms with Gasteiger partial charge in [0.05, 0.1) is 13.2 Å². The molecule has 2 heterocycles. The van der Waals surface area contributed by atoms with Gasteiger partial charge in [-0.1, -0.05) is 13.8 Å². The summed E-state index contributed by atoms with van der Waals surface area (Å²) in [6.45, 7) is 8.42. The molecule has 3 aliphatic rings. The van der Waals surface area contributed by atoms with E-state index in [1.54, 1.807) is 0 Å². The van der Waals surface area contributed by atoms with Crippen molar-refractivity contribution in [2.45, 2.75) is 39.2 Å². The van der Waals surface area contributed by atoms with E-state index in [-0.39, 0.29) is 29.1 Å². The van der Waals surface area contributed by atoms with Gasteiger partial charge in [-0.2, -0.15) is 0 Å². The van der Waals surface area contributed by atoms with Crippen molar-refractivity contribution in [2.24, 2.45) is 17.3 Å². The van der Waals surface area contributed by atoms with E-state index in [4.69, 9.17) is 4.74 Å². The van der Waals surface area contributed by atoms with Gasteiger partial charge in [0.15, 0.2) is 0 Å². The van der Waals surface area contributed by atoms with Crippen molar-refractivity contribution in [3.05, 3.63) is 0 Å². The molecule has 0 bridgehead atoms. The molecule has 0 aromatic carbocycles. The molecule has 3 rings (SSSR count). The number of rotatable bonds is 4. The fourth-order valence-electron chi connectivity index (χ4n) is 3.94. The SMILES string of the molecule is CC(C)C(NC(=O)C1CC12CCNCC2)C(=O)N1CCOCC1. The zero-order valence-corrected chi connectivity index (χ0v) is 14.3. The Hall–Kier alpha value is -1.14. The van der Waals surface area contributed by atoms with Gasteiger partial charge in [0.2, 0.25) is 11.8 Å². The van der Waals surface area contributed by atoms with Crippen LogP contribution in [-0.2, 0) is 14.3 Å². The molecular weight excluding hydrogens is 294 g/mol. The van der Waals surface area contributed by atoms with E-state index >= 15 is 0 Å². The molecule has 2 amide bonds. The molecule has 2 unspecified atom stereocenters. The van der Waals surface area contributed by atoms with Crippen molar-refractivity contribution in [1.82, 2.24) is 15.5 Å². The number of ether oxygens (including phenoxy) is 1. The lowest BCUT2D eigenvalue weighted by atomic mass is 9.91. The van der Waals surface area contributed by atoms with Crippen molar-refractivity contribution < 1.29 is 14.3 Å². The van der Waals surface area contributed by atoms with E-state index < -0.39 is 6.04 Å². The van der Waals surface area contributed by atoms with Crippen molar-refractivity contribution in [3.8, 4) is 0 Å². The van der Waals surface area contributed by atoms with E-state index in [1.807, 2.05) is 18.7 Å². The number of hydrogen-bond acceptors (Lipinski definition) is 4. The number of morpholine rings is 1. The van der Waals surface area contributed by atoms with Crippen LogP contribution in [0.5, 0.6) is 0 Å². The third-order valence-electron chi connectivity index (χ3n) is 5.66. The van der Waals surface area contributed by atoms with Gasteiger partial charge < -0.3 is 20.3 Å².